The van der Waals surface area contributed by atoms with E-state index in [1.54, 1.807) is 59.5 Å². The molecule has 2 atom stereocenters. The zero-order valence-corrected chi connectivity index (χ0v) is 23.0. The van der Waals surface area contributed by atoms with Crippen LogP contribution in [0.4, 0.5) is 10.5 Å². The number of anilines is 1. The van der Waals surface area contributed by atoms with Gasteiger partial charge < -0.3 is 9.64 Å². The fourth-order valence-electron chi connectivity index (χ4n) is 4.65. The Morgan fingerprint density at radius 3 is 2.08 bits per heavy atom. The van der Waals surface area contributed by atoms with Crippen molar-refractivity contribution in [3.63, 3.8) is 0 Å². The molecule has 0 radical (unpaired) electrons. The summed E-state index contributed by atoms with van der Waals surface area (Å²) in [4.78, 5) is 14.9. The second-order valence-corrected chi connectivity index (χ2v) is 12.7. The summed E-state index contributed by atoms with van der Waals surface area (Å²) >= 11 is 6.11. The highest BCUT2D eigenvalue weighted by atomic mass is 35.5. The van der Waals surface area contributed by atoms with E-state index in [1.807, 2.05) is 39.0 Å². The maximum atomic E-state index is 13.9. The first-order valence-corrected chi connectivity index (χ1v) is 14.2. The van der Waals surface area contributed by atoms with Crippen LogP contribution < -0.4 is 4.31 Å². The van der Waals surface area contributed by atoms with Crippen LogP contribution >= 0.6 is 11.6 Å². The molecule has 8 heteroatoms. The largest absolute Gasteiger partial charge is 0.444 e. The van der Waals surface area contributed by atoms with Crippen LogP contribution in [0.5, 0.6) is 0 Å². The van der Waals surface area contributed by atoms with Crippen molar-refractivity contribution < 1.29 is 17.9 Å². The lowest BCUT2D eigenvalue weighted by Crippen LogP contribution is -2.39. The molecule has 3 aromatic carbocycles. The van der Waals surface area contributed by atoms with E-state index >= 15 is 0 Å². The van der Waals surface area contributed by atoms with E-state index in [1.165, 1.54) is 4.31 Å². The molecule has 1 aliphatic rings. The molecule has 1 heterocycles. The second-order valence-electron chi connectivity index (χ2n) is 10.4. The predicted octanol–water partition coefficient (Wildman–Crippen LogP) is 6.26. The number of halogens is 1. The van der Waals surface area contributed by atoms with Gasteiger partial charge >= 0.3 is 6.09 Å². The number of benzene rings is 3. The smallest absolute Gasteiger partial charge is 0.410 e. The van der Waals surface area contributed by atoms with Crippen LogP contribution in [0.25, 0.3) is 0 Å². The van der Waals surface area contributed by atoms with Crippen LogP contribution in [0.2, 0.25) is 5.02 Å². The molecule has 0 N–H and O–H groups in total. The number of sulfonamides is 1. The Morgan fingerprint density at radius 2 is 1.49 bits per heavy atom. The third kappa shape index (κ3) is 6.84. The normalized spacial score (nSPS) is 18.0. The first kappa shape index (κ1) is 27.0. The number of likely N-dealkylation sites (tertiary alicyclic amines) is 1. The number of ether oxygens (including phenoxy) is 1. The van der Waals surface area contributed by atoms with Crippen LogP contribution in [0.3, 0.4) is 0 Å². The lowest BCUT2D eigenvalue weighted by atomic mass is 9.89. The van der Waals surface area contributed by atoms with E-state index in [-0.39, 0.29) is 29.4 Å². The number of carbonyl (C=O) groups excluding carboxylic acids is 1. The Kier molecular flexibility index (Phi) is 8.14. The second kappa shape index (κ2) is 11.2. The molecule has 3 aromatic rings. The zero-order chi connectivity index (χ0) is 26.6. The van der Waals surface area contributed by atoms with Crippen LogP contribution in [0.15, 0.2) is 89.8 Å². The van der Waals surface area contributed by atoms with Gasteiger partial charge in [-0.05, 0) is 75.1 Å². The molecule has 1 saturated heterocycles. The van der Waals surface area contributed by atoms with Gasteiger partial charge in [0.05, 0.1) is 10.6 Å². The summed E-state index contributed by atoms with van der Waals surface area (Å²) in [7, 11) is -3.86. The first-order chi connectivity index (χ1) is 17.5. The van der Waals surface area contributed by atoms with Gasteiger partial charge in [0.2, 0.25) is 0 Å². The fourth-order valence-corrected chi connectivity index (χ4v) is 6.32. The average Bonchev–Trinajstić information content (AvgIpc) is 3.26. The molecule has 0 bridgehead atoms. The molecule has 1 amide bonds. The molecule has 1 aliphatic heterocycles. The molecule has 196 valence electrons. The number of amides is 1. The van der Waals surface area contributed by atoms with E-state index in [0.717, 1.165) is 12.0 Å². The molecule has 6 nitrogen and oxygen atoms in total. The topological polar surface area (TPSA) is 66.9 Å². The molecule has 1 fully saturated rings. The summed E-state index contributed by atoms with van der Waals surface area (Å²) in [6, 6.07) is 25.3. The van der Waals surface area contributed by atoms with Crippen molar-refractivity contribution in [2.75, 3.05) is 23.9 Å². The number of nitrogens with zero attached hydrogens (tertiary/aromatic N) is 2. The third-order valence-corrected chi connectivity index (χ3v) is 8.48. The van der Waals surface area contributed by atoms with Crippen LogP contribution in [0, 0.1) is 11.8 Å². The van der Waals surface area contributed by atoms with Gasteiger partial charge in [-0.3, -0.25) is 4.31 Å². The number of hydrogen-bond acceptors (Lipinski definition) is 4. The van der Waals surface area contributed by atoms with Crippen LogP contribution in [-0.2, 0) is 21.2 Å². The average molecular weight is 541 g/mol. The van der Waals surface area contributed by atoms with E-state index in [4.69, 9.17) is 16.3 Å². The lowest BCUT2D eigenvalue weighted by Gasteiger charge is -2.29. The van der Waals surface area contributed by atoms with Crippen LogP contribution in [-0.4, -0.2) is 44.6 Å². The Hall–Kier alpha value is -3.03. The number of rotatable bonds is 7. The highest BCUT2D eigenvalue weighted by Crippen LogP contribution is 2.33. The molecule has 4 rings (SSSR count). The summed E-state index contributed by atoms with van der Waals surface area (Å²) in [5.41, 5.74) is 1.06. The Labute approximate surface area is 224 Å². The van der Waals surface area contributed by atoms with Crippen molar-refractivity contribution in [2.45, 2.75) is 37.7 Å². The van der Waals surface area contributed by atoms with Crippen molar-refractivity contribution >= 4 is 33.4 Å². The Morgan fingerprint density at radius 1 is 0.919 bits per heavy atom. The minimum absolute atomic E-state index is 0.0516. The monoisotopic (exact) mass is 540 g/mol. The fraction of sp³-hybridized carbons (Fsp3) is 0.345. The summed E-state index contributed by atoms with van der Waals surface area (Å²) < 4.78 is 34.8. The van der Waals surface area contributed by atoms with Gasteiger partial charge in [0.1, 0.15) is 5.60 Å². The number of hydrogen-bond donors (Lipinski definition) is 0. The van der Waals surface area contributed by atoms with Crippen molar-refractivity contribution in [1.82, 2.24) is 4.90 Å². The molecule has 0 spiro atoms. The summed E-state index contributed by atoms with van der Waals surface area (Å²) in [6.07, 6.45) is 0.349. The van der Waals surface area contributed by atoms with Gasteiger partial charge in [-0.25, -0.2) is 13.2 Å². The van der Waals surface area contributed by atoms with E-state index in [2.05, 4.69) is 12.1 Å². The maximum Gasteiger partial charge on any atom is 0.410 e. The van der Waals surface area contributed by atoms with Crippen molar-refractivity contribution in [2.24, 2.45) is 11.8 Å². The quantitative estimate of drug-likeness (QED) is 0.354. The van der Waals surface area contributed by atoms with Gasteiger partial charge in [0.15, 0.2) is 0 Å². The molecule has 0 saturated carbocycles. The highest BCUT2D eigenvalue weighted by molar-refractivity contribution is 7.92. The summed E-state index contributed by atoms with van der Waals surface area (Å²) in [6.45, 7) is 6.64. The van der Waals surface area contributed by atoms with E-state index in [0.29, 0.717) is 23.8 Å². The minimum atomic E-state index is -3.86. The maximum absolute atomic E-state index is 13.9. The summed E-state index contributed by atoms with van der Waals surface area (Å²) in [5.74, 6) is -0.0578. The van der Waals surface area contributed by atoms with Crippen LogP contribution in [0.1, 0.15) is 26.3 Å². The Bertz CT molecular complexity index is 1290. The molecular formula is C29H33ClN2O4S. The lowest BCUT2D eigenvalue weighted by molar-refractivity contribution is 0.0284. The van der Waals surface area contributed by atoms with Gasteiger partial charge in [0, 0.05) is 30.6 Å². The Balaban J connectivity index is 1.68. The molecule has 37 heavy (non-hydrogen) atoms. The van der Waals surface area contributed by atoms with Crippen molar-refractivity contribution in [3.8, 4) is 0 Å². The predicted molar refractivity (Wildman–Crippen MR) is 147 cm³/mol. The highest BCUT2D eigenvalue weighted by Gasteiger charge is 2.40. The van der Waals surface area contributed by atoms with Crippen molar-refractivity contribution in [1.29, 1.82) is 0 Å². The first-order valence-electron chi connectivity index (χ1n) is 12.4. The van der Waals surface area contributed by atoms with Crippen molar-refractivity contribution in [3.05, 3.63) is 95.5 Å². The molecule has 0 aliphatic carbocycles. The third-order valence-electron chi connectivity index (χ3n) is 6.42. The van der Waals surface area contributed by atoms with E-state index in [9.17, 15) is 13.2 Å². The minimum Gasteiger partial charge on any atom is -0.444 e. The number of carbonyl (C=O) groups is 1. The zero-order valence-electron chi connectivity index (χ0n) is 21.4. The van der Waals surface area contributed by atoms with Gasteiger partial charge in [0.25, 0.3) is 10.0 Å². The summed E-state index contributed by atoms with van der Waals surface area (Å²) in [5, 5.41) is 0.528. The SMILES string of the molecule is CC(C)(C)OC(=O)N1CC(Cc2ccccc2)C(CN(c2ccc(Cl)cc2)S(=O)(=O)c2ccccc2)C1. The van der Waals surface area contributed by atoms with Gasteiger partial charge in [-0.2, -0.15) is 0 Å². The van der Waals surface area contributed by atoms with Gasteiger partial charge in [-0.1, -0.05) is 60.1 Å². The standard InChI is InChI=1S/C29H33ClN2O4S/c1-29(2,3)36-28(33)31-19-23(18-22-10-6-4-7-11-22)24(20-31)21-32(26-16-14-25(30)15-17-26)37(34,35)27-12-8-5-9-13-27/h4-17,23-24H,18-21H2,1-3H3. The molecule has 2 unspecified atom stereocenters. The molecular weight excluding hydrogens is 508 g/mol. The van der Waals surface area contributed by atoms with Gasteiger partial charge in [-0.15, -0.1) is 0 Å². The molecule has 0 aromatic heterocycles. The van der Waals surface area contributed by atoms with E-state index < -0.39 is 15.6 Å².